The highest BCUT2D eigenvalue weighted by Gasteiger charge is 2.24. The highest BCUT2D eigenvalue weighted by atomic mass is 16.1. The van der Waals surface area contributed by atoms with Crippen LogP contribution in [0, 0.1) is 6.92 Å². The molecule has 3 N–H and O–H groups in total. The van der Waals surface area contributed by atoms with Gasteiger partial charge in [0.25, 0.3) is 5.91 Å². The van der Waals surface area contributed by atoms with E-state index < -0.39 is 0 Å². The highest BCUT2D eigenvalue weighted by molar-refractivity contribution is 5.96. The molecule has 3 heterocycles. The van der Waals surface area contributed by atoms with Crippen LogP contribution in [-0.2, 0) is 6.54 Å². The van der Waals surface area contributed by atoms with Gasteiger partial charge < -0.3 is 10.6 Å². The summed E-state index contributed by atoms with van der Waals surface area (Å²) in [5, 5.41) is 13.2. The van der Waals surface area contributed by atoms with E-state index in [1.807, 2.05) is 48.0 Å². The minimum Gasteiger partial charge on any atom is -0.361 e. The standard InChI is InChI=1S/C21H21N7O/c1-13-10-14(2-5-17(13)21(29)26-15-3-4-15)18-12-24-20-19(22-8-9-28(18)20)23-11-16-6-7-25-27-16/h2,5-10,12,15H,3-4,11H2,1H3,(H,22,23)(H,25,27)(H,26,29). The summed E-state index contributed by atoms with van der Waals surface area (Å²) in [4.78, 5) is 21.4. The molecule has 146 valence electrons. The SMILES string of the molecule is Cc1cc(-c2cnc3c(NCc4ccn[nH]4)nccn23)ccc1C(=O)NC1CC1. The Morgan fingerprint density at radius 1 is 1.24 bits per heavy atom. The van der Waals surface area contributed by atoms with Crippen molar-refractivity contribution in [3.8, 4) is 11.3 Å². The summed E-state index contributed by atoms with van der Waals surface area (Å²) in [5.74, 6) is 0.703. The lowest BCUT2D eigenvalue weighted by Gasteiger charge is -2.10. The van der Waals surface area contributed by atoms with E-state index in [0.29, 0.717) is 18.4 Å². The number of fused-ring (bicyclic) bond motifs is 1. The molecule has 1 aromatic carbocycles. The molecule has 3 aromatic heterocycles. The number of nitrogens with one attached hydrogen (secondary N) is 3. The normalized spacial score (nSPS) is 13.6. The first kappa shape index (κ1) is 17.4. The lowest BCUT2D eigenvalue weighted by atomic mass is 10.0. The maximum absolute atomic E-state index is 12.4. The van der Waals surface area contributed by atoms with E-state index in [9.17, 15) is 4.79 Å². The van der Waals surface area contributed by atoms with Gasteiger partial charge in [-0.3, -0.25) is 14.3 Å². The molecule has 0 bridgehead atoms. The molecule has 4 aromatic rings. The quantitative estimate of drug-likeness (QED) is 0.472. The Morgan fingerprint density at radius 3 is 2.90 bits per heavy atom. The zero-order valence-corrected chi connectivity index (χ0v) is 16.0. The van der Waals surface area contributed by atoms with Crippen LogP contribution in [0.2, 0.25) is 0 Å². The molecule has 0 aliphatic heterocycles. The van der Waals surface area contributed by atoms with Crippen LogP contribution in [0.4, 0.5) is 5.82 Å². The second kappa shape index (κ2) is 7.05. The largest absolute Gasteiger partial charge is 0.361 e. The molecule has 1 aliphatic rings. The summed E-state index contributed by atoms with van der Waals surface area (Å²) in [6.07, 6.45) is 9.34. The van der Waals surface area contributed by atoms with Crippen molar-refractivity contribution in [3.05, 3.63) is 65.9 Å². The monoisotopic (exact) mass is 387 g/mol. The van der Waals surface area contributed by atoms with Crippen LogP contribution in [0.5, 0.6) is 0 Å². The van der Waals surface area contributed by atoms with E-state index in [-0.39, 0.29) is 5.91 Å². The average Bonchev–Trinajstić information content (AvgIpc) is 3.20. The number of aryl methyl sites for hydroxylation is 1. The summed E-state index contributed by atoms with van der Waals surface area (Å²) in [5.41, 5.74) is 5.33. The van der Waals surface area contributed by atoms with Crippen molar-refractivity contribution in [2.24, 2.45) is 0 Å². The van der Waals surface area contributed by atoms with Gasteiger partial charge in [0.15, 0.2) is 11.5 Å². The zero-order valence-electron chi connectivity index (χ0n) is 16.0. The zero-order chi connectivity index (χ0) is 19.8. The van der Waals surface area contributed by atoms with E-state index in [1.54, 1.807) is 12.4 Å². The van der Waals surface area contributed by atoms with Crippen molar-refractivity contribution in [1.29, 1.82) is 0 Å². The lowest BCUT2D eigenvalue weighted by molar-refractivity contribution is 0.0950. The number of benzene rings is 1. The number of hydrogen-bond acceptors (Lipinski definition) is 5. The van der Waals surface area contributed by atoms with Gasteiger partial charge >= 0.3 is 0 Å². The molecule has 8 heteroatoms. The van der Waals surface area contributed by atoms with E-state index in [2.05, 4.69) is 30.8 Å². The Hall–Kier alpha value is -3.68. The number of nitrogens with zero attached hydrogens (tertiary/aromatic N) is 4. The third kappa shape index (κ3) is 3.44. The van der Waals surface area contributed by atoms with Crippen molar-refractivity contribution in [1.82, 2.24) is 29.9 Å². The van der Waals surface area contributed by atoms with Crippen molar-refractivity contribution in [2.75, 3.05) is 5.32 Å². The fraction of sp³-hybridized carbons (Fsp3) is 0.238. The number of anilines is 1. The molecule has 5 rings (SSSR count). The van der Waals surface area contributed by atoms with Crippen LogP contribution in [0.15, 0.2) is 49.1 Å². The summed E-state index contributed by atoms with van der Waals surface area (Å²) in [6.45, 7) is 2.55. The Labute approximate surface area is 167 Å². The summed E-state index contributed by atoms with van der Waals surface area (Å²) >= 11 is 0. The molecule has 1 amide bonds. The van der Waals surface area contributed by atoms with Crippen LogP contribution in [0.25, 0.3) is 16.9 Å². The number of hydrogen-bond donors (Lipinski definition) is 3. The number of H-pyrrole nitrogens is 1. The molecule has 0 saturated heterocycles. The first-order valence-corrected chi connectivity index (χ1v) is 9.65. The number of aromatic nitrogens is 5. The average molecular weight is 387 g/mol. The second-order valence-electron chi connectivity index (χ2n) is 7.33. The van der Waals surface area contributed by atoms with Gasteiger partial charge in [0.1, 0.15) is 0 Å². The number of imidazole rings is 1. The van der Waals surface area contributed by atoms with Crippen molar-refractivity contribution in [3.63, 3.8) is 0 Å². The molecular weight excluding hydrogens is 366 g/mol. The Kier molecular flexibility index (Phi) is 4.23. The first-order chi connectivity index (χ1) is 14.2. The predicted octanol–water partition coefficient (Wildman–Crippen LogP) is 2.93. The van der Waals surface area contributed by atoms with Gasteiger partial charge in [-0.2, -0.15) is 5.10 Å². The van der Waals surface area contributed by atoms with Crippen LogP contribution >= 0.6 is 0 Å². The van der Waals surface area contributed by atoms with Gasteiger partial charge in [0.05, 0.1) is 24.1 Å². The van der Waals surface area contributed by atoms with Crippen LogP contribution in [0.3, 0.4) is 0 Å². The predicted molar refractivity (Wildman–Crippen MR) is 110 cm³/mol. The van der Waals surface area contributed by atoms with Crippen LogP contribution in [0.1, 0.15) is 34.5 Å². The molecular formula is C21H21N7O. The molecule has 0 atom stereocenters. The van der Waals surface area contributed by atoms with Crippen molar-refractivity contribution in [2.45, 2.75) is 32.4 Å². The van der Waals surface area contributed by atoms with Gasteiger partial charge in [0, 0.05) is 35.8 Å². The molecule has 29 heavy (non-hydrogen) atoms. The minimum atomic E-state index is 0.00387. The number of carbonyl (C=O) groups is 1. The lowest BCUT2D eigenvalue weighted by Crippen LogP contribution is -2.26. The molecule has 1 aliphatic carbocycles. The maximum Gasteiger partial charge on any atom is 0.251 e. The van der Waals surface area contributed by atoms with Crippen LogP contribution in [-0.4, -0.2) is 36.5 Å². The van der Waals surface area contributed by atoms with Gasteiger partial charge in [-0.25, -0.2) is 9.97 Å². The van der Waals surface area contributed by atoms with E-state index in [4.69, 9.17) is 0 Å². The van der Waals surface area contributed by atoms with E-state index >= 15 is 0 Å². The van der Waals surface area contributed by atoms with Crippen molar-refractivity contribution < 1.29 is 4.79 Å². The fourth-order valence-electron chi connectivity index (χ4n) is 3.39. The molecule has 1 fully saturated rings. The van der Waals surface area contributed by atoms with Gasteiger partial charge in [0.2, 0.25) is 0 Å². The number of carbonyl (C=O) groups excluding carboxylic acids is 1. The van der Waals surface area contributed by atoms with Crippen molar-refractivity contribution >= 4 is 17.4 Å². The summed E-state index contributed by atoms with van der Waals surface area (Å²) in [7, 11) is 0. The Balaban J connectivity index is 1.43. The molecule has 0 unspecified atom stereocenters. The highest BCUT2D eigenvalue weighted by Crippen LogP contribution is 2.26. The number of aromatic amines is 1. The molecule has 1 saturated carbocycles. The van der Waals surface area contributed by atoms with Gasteiger partial charge in [-0.15, -0.1) is 0 Å². The van der Waals surface area contributed by atoms with E-state index in [0.717, 1.165) is 46.6 Å². The van der Waals surface area contributed by atoms with Crippen LogP contribution < -0.4 is 10.6 Å². The summed E-state index contributed by atoms with van der Waals surface area (Å²) in [6, 6.07) is 8.15. The number of rotatable bonds is 6. The summed E-state index contributed by atoms with van der Waals surface area (Å²) < 4.78 is 2.00. The van der Waals surface area contributed by atoms with Gasteiger partial charge in [-0.05, 0) is 43.5 Å². The second-order valence-corrected chi connectivity index (χ2v) is 7.33. The third-order valence-corrected chi connectivity index (χ3v) is 5.11. The third-order valence-electron chi connectivity index (χ3n) is 5.11. The molecule has 0 radical (unpaired) electrons. The Bertz CT molecular complexity index is 1180. The maximum atomic E-state index is 12.4. The topological polar surface area (TPSA) is 100 Å². The minimum absolute atomic E-state index is 0.00387. The molecule has 8 nitrogen and oxygen atoms in total. The fourth-order valence-corrected chi connectivity index (χ4v) is 3.39. The van der Waals surface area contributed by atoms with Gasteiger partial charge in [-0.1, -0.05) is 6.07 Å². The Morgan fingerprint density at radius 2 is 2.14 bits per heavy atom. The van der Waals surface area contributed by atoms with E-state index in [1.165, 1.54) is 0 Å². The smallest absolute Gasteiger partial charge is 0.251 e. The number of amides is 1. The molecule has 0 spiro atoms. The first-order valence-electron chi connectivity index (χ1n) is 9.65.